The monoisotopic (exact) mass is 398 g/mol. The Morgan fingerprint density at radius 2 is 1.93 bits per heavy atom. The predicted molar refractivity (Wildman–Crippen MR) is 93.2 cm³/mol. The number of alkyl halides is 2. The highest BCUT2D eigenvalue weighted by Crippen LogP contribution is 2.58. The molecular weight excluding hydrogens is 382 g/mol. The summed E-state index contributed by atoms with van der Waals surface area (Å²) in [5, 5.41) is 19.6. The lowest BCUT2D eigenvalue weighted by Gasteiger charge is -2.17. The molecule has 0 radical (unpaired) electrons. The van der Waals surface area contributed by atoms with Gasteiger partial charge >= 0.3 is 5.97 Å². The fraction of sp³-hybridized carbons (Fsp3) is 0.368. The highest BCUT2D eigenvalue weighted by molar-refractivity contribution is 6.33. The number of ether oxygens (including phenoxy) is 1. The summed E-state index contributed by atoms with van der Waals surface area (Å²) < 4.78 is 32.9. The number of aromatic hydroxyl groups is 2. The minimum Gasteiger partial charge on any atom is -0.507 e. The summed E-state index contributed by atoms with van der Waals surface area (Å²) in [5.41, 5.74) is -0.449. The maximum absolute atomic E-state index is 13.9. The van der Waals surface area contributed by atoms with Crippen LogP contribution in [0.25, 0.3) is 0 Å². The molecule has 0 saturated heterocycles. The van der Waals surface area contributed by atoms with Crippen LogP contribution in [0.2, 0.25) is 5.02 Å². The third-order valence-corrected chi connectivity index (χ3v) is 5.17. The van der Waals surface area contributed by atoms with Crippen LogP contribution in [0.5, 0.6) is 11.5 Å². The van der Waals surface area contributed by atoms with E-state index in [9.17, 15) is 28.6 Å². The largest absolute Gasteiger partial charge is 0.507 e. The molecule has 0 bridgehead atoms. The summed E-state index contributed by atoms with van der Waals surface area (Å²) in [6.07, 6.45) is 3.89. The average Bonchev–Trinajstić information content (AvgIpc) is 3.07. The molecule has 3 rings (SSSR count). The molecule has 0 unspecified atom stereocenters. The molecular formula is C19H17ClF2O5. The van der Waals surface area contributed by atoms with Crippen LogP contribution < -0.4 is 0 Å². The number of ketones is 1. The zero-order valence-corrected chi connectivity index (χ0v) is 15.0. The lowest BCUT2D eigenvalue weighted by Crippen LogP contribution is -2.19. The SMILES string of the molecule is C[C@@H]1C[C@@H]2[C@@H](/C=C\C=C\C(=O)Cc3c(Cl)c(O)cc(O)c3C(=O)O1)C2(F)F. The number of hydrogen-bond acceptors (Lipinski definition) is 5. The summed E-state index contributed by atoms with van der Waals surface area (Å²) in [6.45, 7) is 1.47. The van der Waals surface area contributed by atoms with E-state index in [0.717, 1.165) is 12.1 Å². The van der Waals surface area contributed by atoms with E-state index in [-0.39, 0.29) is 29.0 Å². The number of fused-ring (bicyclic) bond motifs is 2. The zero-order chi connectivity index (χ0) is 19.9. The third kappa shape index (κ3) is 3.69. The second-order valence-electron chi connectivity index (χ2n) is 6.73. The number of rotatable bonds is 0. The molecule has 8 heteroatoms. The molecule has 1 aliphatic carbocycles. The normalized spacial score (nSPS) is 29.7. The second kappa shape index (κ2) is 6.96. The molecule has 1 aromatic carbocycles. The van der Waals surface area contributed by atoms with Gasteiger partial charge in [-0.15, -0.1) is 0 Å². The Balaban J connectivity index is 2.02. The molecule has 0 amide bonds. The molecule has 2 N–H and O–H groups in total. The Bertz CT molecular complexity index is 862. The Kier molecular flexibility index (Phi) is 4.99. The van der Waals surface area contributed by atoms with Crippen molar-refractivity contribution in [2.75, 3.05) is 0 Å². The van der Waals surface area contributed by atoms with E-state index < -0.39 is 47.1 Å². The topological polar surface area (TPSA) is 83.8 Å². The Morgan fingerprint density at radius 3 is 2.63 bits per heavy atom. The van der Waals surface area contributed by atoms with E-state index in [1.807, 2.05) is 0 Å². The molecule has 1 aromatic rings. The van der Waals surface area contributed by atoms with Gasteiger partial charge in [-0.1, -0.05) is 29.8 Å². The van der Waals surface area contributed by atoms with Crippen molar-refractivity contribution >= 4 is 23.4 Å². The fourth-order valence-electron chi connectivity index (χ4n) is 3.29. The lowest BCUT2D eigenvalue weighted by molar-refractivity contribution is -0.114. The molecule has 1 aliphatic heterocycles. The lowest BCUT2D eigenvalue weighted by atomic mass is 10.00. The third-order valence-electron chi connectivity index (χ3n) is 4.75. The van der Waals surface area contributed by atoms with E-state index in [1.54, 1.807) is 0 Å². The fourth-order valence-corrected chi connectivity index (χ4v) is 3.50. The van der Waals surface area contributed by atoms with Gasteiger partial charge in [-0.05, 0) is 19.4 Å². The number of carbonyl (C=O) groups is 2. The molecule has 0 aromatic heterocycles. The molecule has 2 aliphatic rings. The van der Waals surface area contributed by atoms with E-state index in [1.165, 1.54) is 25.2 Å². The minimum absolute atomic E-state index is 0.0572. The minimum atomic E-state index is -2.90. The van der Waals surface area contributed by atoms with E-state index in [2.05, 4.69) is 0 Å². The molecule has 27 heavy (non-hydrogen) atoms. The number of phenols is 2. The van der Waals surface area contributed by atoms with Crippen LogP contribution in [-0.4, -0.2) is 34.0 Å². The number of carbonyl (C=O) groups excluding carboxylic acids is 2. The first-order chi connectivity index (χ1) is 12.6. The summed E-state index contributed by atoms with van der Waals surface area (Å²) in [7, 11) is 0. The number of esters is 1. The van der Waals surface area contributed by atoms with E-state index in [0.29, 0.717) is 0 Å². The molecule has 0 spiro atoms. The predicted octanol–water partition coefficient (Wildman–Crippen LogP) is 3.81. The number of phenolic OH excluding ortho intramolecular Hbond substituents is 2. The molecule has 3 atom stereocenters. The highest BCUT2D eigenvalue weighted by Gasteiger charge is 2.66. The smallest absolute Gasteiger partial charge is 0.342 e. The van der Waals surface area contributed by atoms with Crippen LogP contribution in [0.4, 0.5) is 8.78 Å². The summed E-state index contributed by atoms with van der Waals surface area (Å²) in [4.78, 5) is 24.6. The van der Waals surface area contributed by atoms with Crippen LogP contribution in [0.1, 0.15) is 29.3 Å². The van der Waals surface area contributed by atoms with Crippen LogP contribution >= 0.6 is 11.6 Å². The molecule has 1 heterocycles. The average molecular weight is 399 g/mol. The second-order valence-corrected chi connectivity index (χ2v) is 7.11. The van der Waals surface area contributed by atoms with Gasteiger partial charge in [0.1, 0.15) is 17.1 Å². The van der Waals surface area contributed by atoms with Gasteiger partial charge in [-0.3, -0.25) is 4.79 Å². The first-order valence-corrected chi connectivity index (χ1v) is 8.70. The quantitative estimate of drug-likeness (QED) is 0.649. The standard InChI is InChI=1S/C19H17ClF2O5/c1-9-6-13-12(19(13,21)22)5-3-2-4-10(23)7-11-16(18(26)27-9)14(24)8-15(25)17(11)20/h2-5,8-9,12-13,24-25H,6-7H2,1H3/b4-2+,5-3-/t9-,12-,13-/m1/s1. The molecule has 5 nitrogen and oxygen atoms in total. The first kappa shape index (κ1) is 19.4. The van der Waals surface area contributed by atoms with Gasteiger partial charge in [0, 0.05) is 24.0 Å². The Hall–Kier alpha value is -2.41. The number of cyclic esters (lactones) is 1. The van der Waals surface area contributed by atoms with Gasteiger partial charge in [0.05, 0.1) is 17.0 Å². The van der Waals surface area contributed by atoms with Crippen molar-refractivity contribution < 1.29 is 33.3 Å². The van der Waals surface area contributed by atoms with Crippen LogP contribution in [0.15, 0.2) is 30.4 Å². The summed E-state index contributed by atoms with van der Waals surface area (Å²) in [6, 6.07) is 0.865. The Labute approximate surface area is 158 Å². The van der Waals surface area contributed by atoms with Crippen LogP contribution in [0, 0.1) is 11.8 Å². The van der Waals surface area contributed by atoms with Gasteiger partial charge in [0.2, 0.25) is 0 Å². The number of hydrogen-bond donors (Lipinski definition) is 2. The first-order valence-electron chi connectivity index (χ1n) is 8.32. The van der Waals surface area contributed by atoms with Gasteiger partial charge in [0.15, 0.2) is 5.78 Å². The zero-order valence-electron chi connectivity index (χ0n) is 14.3. The van der Waals surface area contributed by atoms with E-state index >= 15 is 0 Å². The van der Waals surface area contributed by atoms with Gasteiger partial charge in [0.25, 0.3) is 5.92 Å². The number of halogens is 3. The molecule has 1 fully saturated rings. The van der Waals surface area contributed by atoms with Crippen molar-refractivity contribution in [1.82, 2.24) is 0 Å². The van der Waals surface area contributed by atoms with Gasteiger partial charge < -0.3 is 14.9 Å². The maximum Gasteiger partial charge on any atom is 0.342 e. The maximum atomic E-state index is 13.9. The van der Waals surface area contributed by atoms with Crippen molar-refractivity contribution in [2.45, 2.75) is 31.8 Å². The summed E-state index contributed by atoms with van der Waals surface area (Å²) in [5.74, 6) is -7.45. The summed E-state index contributed by atoms with van der Waals surface area (Å²) >= 11 is 6.01. The molecule has 1 saturated carbocycles. The van der Waals surface area contributed by atoms with Crippen molar-refractivity contribution in [3.63, 3.8) is 0 Å². The van der Waals surface area contributed by atoms with Crippen molar-refractivity contribution in [3.05, 3.63) is 46.5 Å². The van der Waals surface area contributed by atoms with Crippen molar-refractivity contribution in [3.8, 4) is 11.5 Å². The number of allylic oxidation sites excluding steroid dienone is 4. The van der Waals surface area contributed by atoms with E-state index in [4.69, 9.17) is 16.3 Å². The van der Waals surface area contributed by atoms with Crippen molar-refractivity contribution in [2.24, 2.45) is 11.8 Å². The van der Waals surface area contributed by atoms with Gasteiger partial charge in [-0.25, -0.2) is 13.6 Å². The number of benzene rings is 1. The Morgan fingerprint density at radius 1 is 1.22 bits per heavy atom. The van der Waals surface area contributed by atoms with Gasteiger partial charge in [-0.2, -0.15) is 0 Å². The molecule has 144 valence electrons. The van der Waals surface area contributed by atoms with Crippen LogP contribution in [0.3, 0.4) is 0 Å². The van der Waals surface area contributed by atoms with Crippen LogP contribution in [-0.2, 0) is 16.0 Å². The van der Waals surface area contributed by atoms with Crippen molar-refractivity contribution in [1.29, 1.82) is 0 Å². The highest BCUT2D eigenvalue weighted by atomic mass is 35.5.